The Morgan fingerprint density at radius 3 is 3.00 bits per heavy atom. The lowest BCUT2D eigenvalue weighted by molar-refractivity contribution is 0.0946. The summed E-state index contributed by atoms with van der Waals surface area (Å²) in [4.78, 5) is 19.9. The number of aliphatic hydroxyl groups excluding tert-OH is 1. The molecule has 0 bridgehead atoms. The third-order valence-electron chi connectivity index (χ3n) is 2.38. The van der Waals surface area contributed by atoms with Gasteiger partial charge in [0.2, 0.25) is 5.89 Å². The number of rotatable bonds is 3. The Labute approximate surface area is 115 Å². The summed E-state index contributed by atoms with van der Waals surface area (Å²) < 4.78 is 5.26. The van der Waals surface area contributed by atoms with Gasteiger partial charge in [0.05, 0.1) is 18.3 Å². The third-order valence-corrected chi connectivity index (χ3v) is 2.38. The van der Waals surface area contributed by atoms with Gasteiger partial charge >= 0.3 is 0 Å². The molecule has 0 aliphatic rings. The number of hydrogen-bond acceptors (Lipinski definition) is 5. The predicted octanol–water partition coefficient (Wildman–Crippen LogP) is 0.652. The lowest BCUT2D eigenvalue weighted by Crippen LogP contribution is -2.23. The molecule has 0 fully saturated rings. The van der Waals surface area contributed by atoms with E-state index in [9.17, 15) is 4.79 Å². The van der Waals surface area contributed by atoms with Crippen LogP contribution in [0.1, 0.15) is 27.6 Å². The second kappa shape index (κ2) is 6.50. The van der Waals surface area contributed by atoms with E-state index in [1.807, 2.05) is 0 Å². The van der Waals surface area contributed by atoms with Gasteiger partial charge in [-0.2, -0.15) is 0 Å². The van der Waals surface area contributed by atoms with E-state index in [-0.39, 0.29) is 19.1 Å². The molecular weight excluding hydrogens is 258 g/mol. The molecule has 1 amide bonds. The fourth-order valence-electron chi connectivity index (χ4n) is 1.52. The number of hydrogen-bond donors (Lipinski definition) is 2. The van der Waals surface area contributed by atoms with Crippen molar-refractivity contribution < 1.29 is 14.3 Å². The number of aliphatic hydroxyl groups is 1. The summed E-state index contributed by atoms with van der Waals surface area (Å²) in [5.41, 5.74) is 0.955. The molecule has 0 saturated carbocycles. The van der Waals surface area contributed by atoms with Crippen LogP contribution in [0.15, 0.2) is 29.1 Å². The quantitative estimate of drug-likeness (QED) is 0.800. The SMILES string of the molecule is Cc1cnc(CNC(=O)c2cncc(C#CCO)c2)o1. The minimum Gasteiger partial charge on any atom is -0.444 e. The predicted molar refractivity (Wildman–Crippen MR) is 70.6 cm³/mol. The third kappa shape index (κ3) is 3.67. The maximum absolute atomic E-state index is 11.9. The molecule has 0 saturated heterocycles. The summed E-state index contributed by atoms with van der Waals surface area (Å²) >= 11 is 0. The van der Waals surface area contributed by atoms with E-state index in [0.29, 0.717) is 22.8 Å². The highest BCUT2D eigenvalue weighted by molar-refractivity contribution is 5.94. The molecule has 2 heterocycles. The maximum Gasteiger partial charge on any atom is 0.253 e. The second-order valence-corrected chi connectivity index (χ2v) is 3.97. The Bertz CT molecular complexity index is 668. The van der Waals surface area contributed by atoms with Crippen LogP contribution in [-0.2, 0) is 6.54 Å². The lowest BCUT2D eigenvalue weighted by atomic mass is 10.2. The molecule has 6 nitrogen and oxygen atoms in total. The summed E-state index contributed by atoms with van der Waals surface area (Å²) in [6, 6.07) is 1.60. The van der Waals surface area contributed by atoms with Crippen LogP contribution in [0.25, 0.3) is 0 Å². The Hall–Kier alpha value is -2.65. The second-order valence-electron chi connectivity index (χ2n) is 3.97. The summed E-state index contributed by atoms with van der Waals surface area (Å²) in [7, 11) is 0. The molecule has 2 rings (SSSR count). The average molecular weight is 271 g/mol. The smallest absolute Gasteiger partial charge is 0.253 e. The number of nitrogens with one attached hydrogen (secondary N) is 1. The molecule has 0 radical (unpaired) electrons. The summed E-state index contributed by atoms with van der Waals surface area (Å²) in [6.45, 7) is 1.75. The number of carbonyl (C=O) groups excluding carboxylic acids is 1. The van der Waals surface area contributed by atoms with E-state index in [4.69, 9.17) is 9.52 Å². The van der Waals surface area contributed by atoms with Gasteiger partial charge in [-0.05, 0) is 13.0 Å². The average Bonchev–Trinajstić information content (AvgIpc) is 2.88. The van der Waals surface area contributed by atoms with Crippen molar-refractivity contribution in [2.45, 2.75) is 13.5 Å². The van der Waals surface area contributed by atoms with Crippen LogP contribution in [0.3, 0.4) is 0 Å². The lowest BCUT2D eigenvalue weighted by Gasteiger charge is -2.02. The fourth-order valence-corrected chi connectivity index (χ4v) is 1.52. The Morgan fingerprint density at radius 2 is 2.30 bits per heavy atom. The number of aromatic nitrogens is 2. The van der Waals surface area contributed by atoms with Gasteiger partial charge in [0.1, 0.15) is 12.4 Å². The maximum atomic E-state index is 11.9. The monoisotopic (exact) mass is 271 g/mol. The van der Waals surface area contributed by atoms with E-state index >= 15 is 0 Å². The molecule has 0 aliphatic heterocycles. The highest BCUT2D eigenvalue weighted by Crippen LogP contribution is 2.04. The molecule has 20 heavy (non-hydrogen) atoms. The van der Waals surface area contributed by atoms with Crippen LogP contribution >= 0.6 is 0 Å². The number of amides is 1. The molecule has 0 spiro atoms. The van der Waals surface area contributed by atoms with Gasteiger partial charge in [0, 0.05) is 18.0 Å². The topological polar surface area (TPSA) is 88.2 Å². The van der Waals surface area contributed by atoms with E-state index in [1.54, 1.807) is 19.2 Å². The molecule has 2 N–H and O–H groups in total. The summed E-state index contributed by atoms with van der Waals surface area (Å²) in [5, 5.41) is 11.3. The van der Waals surface area contributed by atoms with Crippen molar-refractivity contribution >= 4 is 5.91 Å². The highest BCUT2D eigenvalue weighted by atomic mass is 16.4. The van der Waals surface area contributed by atoms with Crippen LogP contribution in [0.5, 0.6) is 0 Å². The van der Waals surface area contributed by atoms with Crippen molar-refractivity contribution in [2.75, 3.05) is 6.61 Å². The van der Waals surface area contributed by atoms with E-state index in [1.165, 1.54) is 12.4 Å². The first-order valence-electron chi connectivity index (χ1n) is 5.93. The number of pyridine rings is 1. The Balaban J connectivity index is 2.01. The van der Waals surface area contributed by atoms with Gasteiger partial charge in [-0.1, -0.05) is 11.8 Å². The summed E-state index contributed by atoms with van der Waals surface area (Å²) in [5.74, 6) is 6.04. The van der Waals surface area contributed by atoms with Gasteiger partial charge < -0.3 is 14.8 Å². The molecular formula is C14H13N3O3. The Kier molecular flexibility index (Phi) is 4.47. The van der Waals surface area contributed by atoms with Gasteiger partial charge in [-0.25, -0.2) is 4.98 Å². The van der Waals surface area contributed by atoms with Gasteiger partial charge in [0.15, 0.2) is 0 Å². The highest BCUT2D eigenvalue weighted by Gasteiger charge is 2.08. The minimum absolute atomic E-state index is 0.208. The molecule has 6 heteroatoms. The van der Waals surface area contributed by atoms with Crippen molar-refractivity contribution in [3.05, 3.63) is 47.4 Å². The van der Waals surface area contributed by atoms with Crippen LogP contribution in [-0.4, -0.2) is 27.6 Å². The summed E-state index contributed by atoms with van der Waals surface area (Å²) in [6.07, 6.45) is 4.56. The largest absolute Gasteiger partial charge is 0.444 e. The van der Waals surface area contributed by atoms with Crippen molar-refractivity contribution in [2.24, 2.45) is 0 Å². The number of nitrogens with zero attached hydrogens (tertiary/aromatic N) is 2. The van der Waals surface area contributed by atoms with Crippen LogP contribution in [0.2, 0.25) is 0 Å². The number of carbonyl (C=O) groups is 1. The zero-order valence-corrected chi connectivity index (χ0v) is 10.9. The number of oxazole rings is 1. The van der Waals surface area contributed by atoms with Gasteiger partial charge in [0.25, 0.3) is 5.91 Å². The van der Waals surface area contributed by atoms with E-state index in [2.05, 4.69) is 27.1 Å². The molecule has 2 aromatic heterocycles. The Morgan fingerprint density at radius 1 is 1.45 bits per heavy atom. The molecule has 2 aromatic rings. The standard InChI is InChI=1S/C14H13N3O3/c1-10-6-16-13(20-10)9-17-14(19)12-5-11(3-2-4-18)7-15-8-12/h5-8,18H,4,9H2,1H3,(H,17,19). The zero-order chi connectivity index (χ0) is 14.4. The first-order valence-corrected chi connectivity index (χ1v) is 5.93. The van der Waals surface area contributed by atoms with Crippen LogP contribution < -0.4 is 5.32 Å². The first-order chi connectivity index (χ1) is 9.69. The van der Waals surface area contributed by atoms with Crippen LogP contribution in [0, 0.1) is 18.8 Å². The van der Waals surface area contributed by atoms with Crippen LogP contribution in [0.4, 0.5) is 0 Å². The molecule has 0 aromatic carbocycles. The molecule has 0 aliphatic carbocycles. The van der Waals surface area contributed by atoms with Gasteiger partial charge in [-0.3, -0.25) is 9.78 Å². The molecule has 0 atom stereocenters. The number of aryl methyl sites for hydroxylation is 1. The zero-order valence-electron chi connectivity index (χ0n) is 10.9. The van der Waals surface area contributed by atoms with Crippen molar-refractivity contribution in [1.82, 2.24) is 15.3 Å². The minimum atomic E-state index is -0.291. The fraction of sp³-hybridized carbons (Fsp3) is 0.214. The van der Waals surface area contributed by atoms with Crippen molar-refractivity contribution in [1.29, 1.82) is 0 Å². The van der Waals surface area contributed by atoms with Gasteiger partial charge in [-0.15, -0.1) is 0 Å². The van der Waals surface area contributed by atoms with E-state index < -0.39 is 0 Å². The molecule has 0 unspecified atom stereocenters. The van der Waals surface area contributed by atoms with Crippen molar-refractivity contribution in [3.8, 4) is 11.8 Å². The first kappa shape index (κ1) is 13.8. The van der Waals surface area contributed by atoms with E-state index in [0.717, 1.165) is 0 Å². The molecule has 102 valence electrons. The normalized spacial score (nSPS) is 9.70. The van der Waals surface area contributed by atoms with Crippen molar-refractivity contribution in [3.63, 3.8) is 0 Å².